The van der Waals surface area contributed by atoms with Gasteiger partial charge in [-0.25, -0.2) is 4.99 Å². The predicted molar refractivity (Wildman–Crippen MR) is 94.4 cm³/mol. The van der Waals surface area contributed by atoms with Gasteiger partial charge in [0.2, 0.25) is 5.91 Å². The number of methoxy groups -OCH3 is 1. The van der Waals surface area contributed by atoms with E-state index in [-0.39, 0.29) is 11.2 Å². The number of nitrogens with zero attached hydrogens (tertiary/aromatic N) is 1. The zero-order valence-electron chi connectivity index (χ0n) is 12.9. The number of para-hydroxylation sites is 1. The first kappa shape index (κ1) is 15.6. The van der Waals surface area contributed by atoms with Crippen LogP contribution in [0.2, 0.25) is 0 Å². The summed E-state index contributed by atoms with van der Waals surface area (Å²) in [6, 6.07) is 17.6. The van der Waals surface area contributed by atoms with E-state index in [9.17, 15) is 4.79 Å². The van der Waals surface area contributed by atoms with Gasteiger partial charge < -0.3 is 10.1 Å². The molecule has 1 heterocycles. The van der Waals surface area contributed by atoms with Crippen molar-refractivity contribution in [2.24, 2.45) is 4.99 Å². The highest BCUT2D eigenvalue weighted by Gasteiger charge is 2.29. The van der Waals surface area contributed by atoms with E-state index in [1.54, 1.807) is 7.11 Å². The number of rotatable bonds is 5. The van der Waals surface area contributed by atoms with Crippen molar-refractivity contribution in [1.82, 2.24) is 5.32 Å². The number of carbonyl (C=O) groups excluding carboxylic acids is 1. The SMILES string of the molecule is COc1ccc(CCC2S/C(=N/c3ccccc3)NC2=O)cc1. The number of nitrogens with one attached hydrogen (secondary N) is 1. The lowest BCUT2D eigenvalue weighted by molar-refractivity contribution is -0.118. The molecule has 118 valence electrons. The molecule has 1 unspecified atom stereocenters. The lowest BCUT2D eigenvalue weighted by Crippen LogP contribution is -2.25. The van der Waals surface area contributed by atoms with Gasteiger partial charge in [0.15, 0.2) is 5.17 Å². The third-order valence-electron chi connectivity index (χ3n) is 3.62. The van der Waals surface area contributed by atoms with Crippen LogP contribution in [0.3, 0.4) is 0 Å². The van der Waals surface area contributed by atoms with Gasteiger partial charge in [0.1, 0.15) is 5.75 Å². The van der Waals surface area contributed by atoms with Crippen molar-refractivity contribution in [2.45, 2.75) is 18.1 Å². The lowest BCUT2D eigenvalue weighted by atomic mass is 10.1. The van der Waals surface area contributed by atoms with Crippen LogP contribution in [0.5, 0.6) is 5.75 Å². The lowest BCUT2D eigenvalue weighted by Gasteiger charge is -2.06. The molecule has 0 saturated carbocycles. The van der Waals surface area contributed by atoms with Crippen LogP contribution in [0, 0.1) is 0 Å². The van der Waals surface area contributed by atoms with Crippen molar-refractivity contribution in [3.63, 3.8) is 0 Å². The van der Waals surface area contributed by atoms with Crippen molar-refractivity contribution in [2.75, 3.05) is 7.11 Å². The number of aliphatic imine (C=N–C) groups is 1. The number of hydrogen-bond acceptors (Lipinski definition) is 4. The second-order valence-electron chi connectivity index (χ2n) is 5.23. The topological polar surface area (TPSA) is 50.7 Å². The van der Waals surface area contributed by atoms with Crippen LogP contribution in [0.25, 0.3) is 0 Å². The van der Waals surface area contributed by atoms with Crippen molar-refractivity contribution in [3.05, 3.63) is 60.2 Å². The molecule has 1 fully saturated rings. The smallest absolute Gasteiger partial charge is 0.239 e. The molecule has 4 nitrogen and oxygen atoms in total. The average Bonchev–Trinajstić information content (AvgIpc) is 2.94. The van der Waals surface area contributed by atoms with E-state index in [4.69, 9.17) is 4.74 Å². The summed E-state index contributed by atoms with van der Waals surface area (Å²) < 4.78 is 5.15. The summed E-state index contributed by atoms with van der Waals surface area (Å²) >= 11 is 1.51. The summed E-state index contributed by atoms with van der Waals surface area (Å²) in [5.41, 5.74) is 2.05. The first-order valence-electron chi connectivity index (χ1n) is 7.49. The molecule has 3 rings (SSSR count). The van der Waals surface area contributed by atoms with E-state index in [0.29, 0.717) is 5.17 Å². The van der Waals surface area contributed by atoms with Crippen LogP contribution in [0.1, 0.15) is 12.0 Å². The number of amides is 1. The highest BCUT2D eigenvalue weighted by Crippen LogP contribution is 2.26. The molecule has 1 aliphatic rings. The Balaban J connectivity index is 1.58. The maximum Gasteiger partial charge on any atom is 0.239 e. The van der Waals surface area contributed by atoms with Crippen LogP contribution in [-0.4, -0.2) is 23.4 Å². The molecule has 0 aromatic heterocycles. The monoisotopic (exact) mass is 326 g/mol. The Labute approximate surface area is 140 Å². The molecule has 0 bridgehead atoms. The number of carbonyl (C=O) groups is 1. The number of amidine groups is 1. The summed E-state index contributed by atoms with van der Waals surface area (Å²) in [4.78, 5) is 16.5. The van der Waals surface area contributed by atoms with Crippen molar-refractivity contribution in [3.8, 4) is 5.75 Å². The predicted octanol–water partition coefficient (Wildman–Crippen LogP) is 3.55. The second kappa shape index (κ2) is 7.33. The molecule has 0 radical (unpaired) electrons. The standard InChI is InChI=1S/C18H18N2O2S/c1-22-15-10-7-13(8-11-15)9-12-16-17(21)20-18(23-16)19-14-5-3-2-4-6-14/h2-8,10-11,16H,9,12H2,1H3,(H,19,20,21). The summed E-state index contributed by atoms with van der Waals surface area (Å²) in [6.45, 7) is 0. The van der Waals surface area contributed by atoms with Gasteiger partial charge >= 0.3 is 0 Å². The molecule has 1 N–H and O–H groups in total. The van der Waals surface area contributed by atoms with E-state index in [1.807, 2.05) is 54.6 Å². The first-order chi connectivity index (χ1) is 11.2. The van der Waals surface area contributed by atoms with Crippen LogP contribution in [0.15, 0.2) is 59.6 Å². The molecule has 0 aliphatic carbocycles. The van der Waals surface area contributed by atoms with Crippen LogP contribution >= 0.6 is 11.8 Å². The van der Waals surface area contributed by atoms with Gasteiger partial charge in [-0.1, -0.05) is 42.1 Å². The number of hydrogen-bond donors (Lipinski definition) is 1. The van der Waals surface area contributed by atoms with Gasteiger partial charge in [-0.3, -0.25) is 4.79 Å². The molecule has 1 aliphatic heterocycles. The van der Waals surface area contributed by atoms with E-state index in [1.165, 1.54) is 17.3 Å². The van der Waals surface area contributed by atoms with E-state index < -0.39 is 0 Å². The van der Waals surface area contributed by atoms with Crippen LogP contribution < -0.4 is 10.1 Å². The van der Waals surface area contributed by atoms with Gasteiger partial charge in [-0.05, 0) is 42.7 Å². The van der Waals surface area contributed by atoms with E-state index in [0.717, 1.165) is 24.3 Å². The average molecular weight is 326 g/mol. The Morgan fingerprint density at radius 2 is 1.87 bits per heavy atom. The Hall–Kier alpha value is -2.27. The van der Waals surface area contributed by atoms with Gasteiger partial charge in [-0.2, -0.15) is 0 Å². The van der Waals surface area contributed by atoms with Gasteiger partial charge in [0.25, 0.3) is 0 Å². The van der Waals surface area contributed by atoms with E-state index >= 15 is 0 Å². The molecule has 2 aromatic carbocycles. The summed E-state index contributed by atoms with van der Waals surface area (Å²) in [5.74, 6) is 0.886. The molecule has 1 amide bonds. The minimum Gasteiger partial charge on any atom is -0.497 e. The van der Waals surface area contributed by atoms with Gasteiger partial charge in [0.05, 0.1) is 18.0 Å². The highest BCUT2D eigenvalue weighted by atomic mass is 32.2. The summed E-state index contributed by atoms with van der Waals surface area (Å²) in [6.07, 6.45) is 1.64. The van der Waals surface area contributed by atoms with Crippen molar-refractivity contribution < 1.29 is 9.53 Å². The Kier molecular flexibility index (Phi) is 4.98. The van der Waals surface area contributed by atoms with Crippen LogP contribution in [0.4, 0.5) is 5.69 Å². The molecule has 0 spiro atoms. The summed E-state index contributed by atoms with van der Waals surface area (Å²) in [5, 5.41) is 3.46. The quantitative estimate of drug-likeness (QED) is 0.914. The zero-order chi connectivity index (χ0) is 16.1. The minimum absolute atomic E-state index is 0.0400. The zero-order valence-corrected chi connectivity index (χ0v) is 13.7. The molecular weight excluding hydrogens is 308 g/mol. The molecule has 2 aromatic rings. The molecular formula is C18H18N2O2S. The molecule has 23 heavy (non-hydrogen) atoms. The number of ether oxygens (including phenoxy) is 1. The minimum atomic E-state index is -0.0837. The Morgan fingerprint density at radius 1 is 1.13 bits per heavy atom. The fourth-order valence-corrected chi connectivity index (χ4v) is 3.35. The Bertz CT molecular complexity index is 699. The second-order valence-corrected chi connectivity index (χ2v) is 6.43. The molecule has 1 saturated heterocycles. The third-order valence-corrected chi connectivity index (χ3v) is 4.77. The normalized spacial score (nSPS) is 18.9. The van der Waals surface area contributed by atoms with Crippen LogP contribution in [-0.2, 0) is 11.2 Å². The highest BCUT2D eigenvalue weighted by molar-refractivity contribution is 8.15. The first-order valence-corrected chi connectivity index (χ1v) is 8.37. The van der Waals surface area contributed by atoms with Crippen molar-refractivity contribution >= 4 is 28.5 Å². The fraction of sp³-hybridized carbons (Fsp3) is 0.222. The molecule has 5 heteroatoms. The van der Waals surface area contributed by atoms with E-state index in [2.05, 4.69) is 10.3 Å². The van der Waals surface area contributed by atoms with Gasteiger partial charge in [-0.15, -0.1) is 0 Å². The number of thioether (sulfide) groups is 1. The van der Waals surface area contributed by atoms with Crippen molar-refractivity contribution in [1.29, 1.82) is 0 Å². The fourth-order valence-electron chi connectivity index (χ4n) is 2.36. The van der Waals surface area contributed by atoms with Gasteiger partial charge in [0, 0.05) is 0 Å². The largest absolute Gasteiger partial charge is 0.497 e. The Morgan fingerprint density at radius 3 is 2.57 bits per heavy atom. The maximum absolute atomic E-state index is 12.1. The maximum atomic E-state index is 12.1. The number of aryl methyl sites for hydroxylation is 1. The third kappa shape index (κ3) is 4.13. The summed E-state index contributed by atoms with van der Waals surface area (Å²) in [7, 11) is 1.65. The number of benzene rings is 2. The molecule has 1 atom stereocenters.